The van der Waals surface area contributed by atoms with Gasteiger partial charge in [0.15, 0.2) is 0 Å². The number of benzene rings is 1. The maximum Gasteiger partial charge on any atom is 0.407 e. The Balaban J connectivity index is 2.92. The maximum atomic E-state index is 13.7. The second kappa shape index (κ2) is 17.8. The van der Waals surface area contributed by atoms with Gasteiger partial charge in [0.25, 0.3) is 0 Å². The number of carbonyl (C=O) groups is 4. The van der Waals surface area contributed by atoms with Crippen LogP contribution in [0.5, 0.6) is 0 Å². The topological polar surface area (TPSA) is 134 Å². The van der Waals surface area contributed by atoms with Crippen LogP contribution < -0.4 is 16.0 Å². The van der Waals surface area contributed by atoms with E-state index in [9.17, 15) is 24.3 Å². The van der Waals surface area contributed by atoms with E-state index in [-0.39, 0.29) is 41.8 Å². The Bertz CT molecular complexity index is 991. The van der Waals surface area contributed by atoms with E-state index in [2.05, 4.69) is 16.0 Å². The fourth-order valence-electron chi connectivity index (χ4n) is 5.02. The van der Waals surface area contributed by atoms with Crippen molar-refractivity contribution in [1.29, 1.82) is 0 Å². The molecular formula is C33H55N3O6. The van der Waals surface area contributed by atoms with Crippen molar-refractivity contribution in [2.75, 3.05) is 0 Å². The van der Waals surface area contributed by atoms with Crippen LogP contribution in [-0.4, -0.2) is 52.7 Å². The van der Waals surface area contributed by atoms with Crippen LogP contribution in [0.1, 0.15) is 100.0 Å². The molecule has 0 heterocycles. The molecule has 0 aliphatic rings. The van der Waals surface area contributed by atoms with Crippen molar-refractivity contribution < 1.29 is 29.0 Å². The van der Waals surface area contributed by atoms with Gasteiger partial charge in [0.1, 0.15) is 5.60 Å². The lowest BCUT2D eigenvalue weighted by Crippen LogP contribution is -2.47. The average molecular weight is 590 g/mol. The van der Waals surface area contributed by atoms with Crippen LogP contribution >= 0.6 is 0 Å². The highest BCUT2D eigenvalue weighted by molar-refractivity contribution is 5.80. The van der Waals surface area contributed by atoms with Crippen LogP contribution in [0.25, 0.3) is 0 Å². The third-order valence-corrected chi connectivity index (χ3v) is 7.30. The smallest absolute Gasteiger partial charge is 0.407 e. The molecule has 0 spiro atoms. The summed E-state index contributed by atoms with van der Waals surface area (Å²) < 4.78 is 5.39. The van der Waals surface area contributed by atoms with Crippen LogP contribution in [-0.2, 0) is 25.5 Å². The van der Waals surface area contributed by atoms with E-state index in [0.29, 0.717) is 32.1 Å². The molecule has 1 rings (SSSR count). The first-order chi connectivity index (χ1) is 19.5. The van der Waals surface area contributed by atoms with Crippen molar-refractivity contribution in [3.05, 3.63) is 35.9 Å². The summed E-state index contributed by atoms with van der Waals surface area (Å²) in [6.07, 6.45) is 2.57. The third-order valence-electron chi connectivity index (χ3n) is 7.30. The predicted molar refractivity (Wildman–Crippen MR) is 166 cm³/mol. The van der Waals surface area contributed by atoms with Gasteiger partial charge in [0.05, 0.1) is 5.92 Å². The van der Waals surface area contributed by atoms with E-state index in [1.807, 2.05) is 71.9 Å². The van der Waals surface area contributed by atoms with Gasteiger partial charge in [-0.15, -0.1) is 0 Å². The zero-order valence-corrected chi connectivity index (χ0v) is 27.2. The summed E-state index contributed by atoms with van der Waals surface area (Å²) in [4.78, 5) is 50.5. The van der Waals surface area contributed by atoms with Gasteiger partial charge >= 0.3 is 12.1 Å². The van der Waals surface area contributed by atoms with Crippen molar-refractivity contribution in [1.82, 2.24) is 16.0 Å². The lowest BCUT2D eigenvalue weighted by molar-refractivity contribution is -0.142. The number of rotatable bonds is 17. The number of nitrogens with one attached hydrogen (secondary N) is 3. The fourth-order valence-corrected chi connectivity index (χ4v) is 5.02. The molecular weight excluding hydrogens is 534 g/mol. The molecule has 1 aromatic rings. The van der Waals surface area contributed by atoms with E-state index >= 15 is 0 Å². The van der Waals surface area contributed by atoms with Gasteiger partial charge in [0.2, 0.25) is 11.8 Å². The summed E-state index contributed by atoms with van der Waals surface area (Å²) >= 11 is 0. The third kappa shape index (κ3) is 14.7. The van der Waals surface area contributed by atoms with Gasteiger partial charge in [-0.1, -0.05) is 64.4 Å². The largest absolute Gasteiger partial charge is 0.481 e. The second-order valence-electron chi connectivity index (χ2n) is 13.1. The number of hydrogen-bond acceptors (Lipinski definition) is 5. The first-order valence-corrected chi connectivity index (χ1v) is 15.4. The second-order valence-corrected chi connectivity index (χ2v) is 13.1. The van der Waals surface area contributed by atoms with Gasteiger partial charge in [-0.3, -0.25) is 14.4 Å². The number of carboxylic acids is 1. The van der Waals surface area contributed by atoms with Gasteiger partial charge in [-0.05, 0) is 78.2 Å². The number of carbonyl (C=O) groups excluding carboxylic acids is 3. The molecule has 0 fully saturated rings. The SMILES string of the molecule is CCC[C@@H](C[C@H](C)NC(=O)[C@H](C)C[C@@H](NC(=O)[C@@H](Cc1ccccc1)C[C@@H](C)NC(=O)OC(C)(C)C)C(C)C)C(=O)O. The molecule has 42 heavy (non-hydrogen) atoms. The maximum absolute atomic E-state index is 13.7. The molecule has 0 radical (unpaired) electrons. The molecule has 0 aromatic heterocycles. The minimum absolute atomic E-state index is 0.0808. The zero-order valence-electron chi connectivity index (χ0n) is 27.2. The minimum Gasteiger partial charge on any atom is -0.481 e. The Morgan fingerprint density at radius 1 is 0.810 bits per heavy atom. The summed E-state index contributed by atoms with van der Waals surface area (Å²) in [5, 5.41) is 18.5. The lowest BCUT2D eigenvalue weighted by Gasteiger charge is -2.29. The van der Waals surface area contributed by atoms with E-state index in [1.165, 1.54) is 0 Å². The predicted octanol–water partition coefficient (Wildman–Crippen LogP) is 5.71. The quantitative estimate of drug-likeness (QED) is 0.184. The Hall–Kier alpha value is -3.10. The molecule has 0 aliphatic heterocycles. The Morgan fingerprint density at radius 3 is 1.90 bits per heavy atom. The normalized spacial score (nSPS) is 16.0. The Morgan fingerprint density at radius 2 is 1.38 bits per heavy atom. The van der Waals surface area contributed by atoms with Gasteiger partial charge in [-0.25, -0.2) is 4.79 Å². The van der Waals surface area contributed by atoms with Crippen LogP contribution in [0.2, 0.25) is 0 Å². The summed E-state index contributed by atoms with van der Waals surface area (Å²) in [5.41, 5.74) is 0.399. The number of ether oxygens (including phenoxy) is 1. The fraction of sp³-hybridized carbons (Fsp3) is 0.697. The molecule has 0 aliphatic carbocycles. The molecule has 1 aromatic carbocycles. The highest BCUT2D eigenvalue weighted by Gasteiger charge is 2.29. The van der Waals surface area contributed by atoms with Crippen LogP contribution in [0.4, 0.5) is 4.79 Å². The van der Waals surface area contributed by atoms with Crippen molar-refractivity contribution in [2.45, 2.75) is 125 Å². The van der Waals surface area contributed by atoms with Crippen LogP contribution in [0.3, 0.4) is 0 Å². The number of hydrogen-bond donors (Lipinski definition) is 4. The Kier molecular flexibility index (Phi) is 15.6. The van der Waals surface area contributed by atoms with E-state index in [4.69, 9.17) is 4.74 Å². The molecule has 9 heteroatoms. The summed E-state index contributed by atoms with van der Waals surface area (Å²) in [6.45, 7) is 16.9. The standard InChI is InChI=1S/C33H55N3O6/c1-10-14-26(31(39)40)18-23(5)34-29(37)22(4)17-28(21(2)3)36-30(38)27(20-25-15-12-11-13-16-25)19-24(6)35-32(41)42-33(7,8)9/h11-13,15-16,21-24,26-28H,10,14,17-20H2,1-9H3,(H,34,37)(H,35,41)(H,36,38)(H,39,40)/t22-,23+,24-,26+,27-,28-/m1/s1. The van der Waals surface area contributed by atoms with Gasteiger partial charge in [-0.2, -0.15) is 0 Å². The first-order valence-electron chi connectivity index (χ1n) is 15.4. The zero-order chi connectivity index (χ0) is 32.0. The number of carboxylic acid groups (broad SMARTS) is 1. The first kappa shape index (κ1) is 36.9. The average Bonchev–Trinajstić information content (AvgIpc) is 2.86. The molecule has 4 N–H and O–H groups in total. The van der Waals surface area contributed by atoms with Gasteiger partial charge < -0.3 is 25.8 Å². The molecule has 238 valence electrons. The summed E-state index contributed by atoms with van der Waals surface area (Å²) in [5.74, 6) is -2.31. The molecule has 0 bridgehead atoms. The van der Waals surface area contributed by atoms with Crippen LogP contribution in [0, 0.1) is 23.7 Å². The van der Waals surface area contributed by atoms with Crippen molar-refractivity contribution in [3.63, 3.8) is 0 Å². The molecule has 9 nitrogen and oxygen atoms in total. The minimum atomic E-state index is -0.839. The van der Waals surface area contributed by atoms with Gasteiger partial charge in [0, 0.05) is 30.0 Å². The highest BCUT2D eigenvalue weighted by Crippen LogP contribution is 2.20. The molecule has 0 saturated carbocycles. The molecule has 3 amide bonds. The van der Waals surface area contributed by atoms with Crippen molar-refractivity contribution >= 4 is 23.9 Å². The number of aliphatic carboxylic acids is 1. The lowest BCUT2D eigenvalue weighted by atomic mass is 9.89. The number of alkyl carbamates (subject to hydrolysis) is 1. The van der Waals surface area contributed by atoms with E-state index in [0.717, 1.165) is 12.0 Å². The van der Waals surface area contributed by atoms with E-state index < -0.39 is 29.5 Å². The van der Waals surface area contributed by atoms with E-state index in [1.54, 1.807) is 20.8 Å². The summed E-state index contributed by atoms with van der Waals surface area (Å²) in [7, 11) is 0. The molecule has 0 unspecified atom stereocenters. The van der Waals surface area contributed by atoms with Crippen molar-refractivity contribution in [3.8, 4) is 0 Å². The highest BCUT2D eigenvalue weighted by atomic mass is 16.6. The molecule has 0 saturated heterocycles. The molecule has 6 atom stereocenters. The summed E-state index contributed by atoms with van der Waals surface area (Å²) in [6, 6.07) is 8.95. The Labute approximate surface area is 252 Å². The monoisotopic (exact) mass is 589 g/mol. The number of amides is 3. The van der Waals surface area contributed by atoms with Crippen LogP contribution in [0.15, 0.2) is 30.3 Å². The van der Waals surface area contributed by atoms with Crippen molar-refractivity contribution in [2.24, 2.45) is 23.7 Å².